The smallest absolute Gasteiger partial charge is 0.370 e. The molecular weight excluding hydrogens is 363 g/mol. The van der Waals surface area contributed by atoms with Crippen molar-refractivity contribution in [1.82, 2.24) is 9.78 Å². The summed E-state index contributed by atoms with van der Waals surface area (Å²) in [5.41, 5.74) is 4.27. The Morgan fingerprint density at radius 3 is 2.43 bits per heavy atom. The highest BCUT2D eigenvalue weighted by Crippen LogP contribution is 2.39. The summed E-state index contributed by atoms with van der Waals surface area (Å²) in [7, 11) is 0. The van der Waals surface area contributed by atoms with Crippen LogP contribution in [0, 0.1) is 13.8 Å². The van der Waals surface area contributed by atoms with Gasteiger partial charge in [-0.3, -0.25) is 0 Å². The molecule has 0 saturated carbocycles. The number of aromatic nitrogens is 2. The summed E-state index contributed by atoms with van der Waals surface area (Å²) >= 11 is 0. The monoisotopic (exact) mass is 385 g/mol. The van der Waals surface area contributed by atoms with Gasteiger partial charge in [0, 0.05) is 17.7 Å². The van der Waals surface area contributed by atoms with E-state index in [2.05, 4.69) is 16.5 Å². The maximum absolute atomic E-state index is 13.6. The first kappa shape index (κ1) is 18.6. The van der Waals surface area contributed by atoms with Gasteiger partial charge in [-0.1, -0.05) is 29.3 Å². The summed E-state index contributed by atoms with van der Waals surface area (Å²) in [6.07, 6.45) is -1.70. The van der Waals surface area contributed by atoms with E-state index in [9.17, 15) is 13.2 Å². The van der Waals surface area contributed by atoms with Crippen LogP contribution in [0.3, 0.4) is 0 Å². The number of aryl methyl sites for hydroxylation is 2. The molecule has 0 atom stereocenters. The van der Waals surface area contributed by atoms with Gasteiger partial charge in [0.2, 0.25) is 0 Å². The molecule has 2 aromatic carbocycles. The quantitative estimate of drug-likeness (QED) is 0.593. The van der Waals surface area contributed by atoms with Crippen LogP contribution in [-0.4, -0.2) is 16.3 Å². The number of nitrogens with one attached hydrogen (secondary N) is 1. The van der Waals surface area contributed by atoms with E-state index in [1.807, 2.05) is 26.0 Å². The van der Waals surface area contributed by atoms with Gasteiger partial charge in [-0.25, -0.2) is 4.68 Å². The zero-order valence-corrected chi connectivity index (χ0v) is 15.9. The molecule has 0 spiro atoms. The molecule has 0 unspecified atom stereocenters. The van der Waals surface area contributed by atoms with E-state index >= 15 is 0 Å². The summed E-state index contributed by atoms with van der Waals surface area (Å²) in [6, 6.07) is 11.8. The molecule has 0 radical (unpaired) electrons. The Hall–Kier alpha value is -2.76. The van der Waals surface area contributed by atoms with E-state index in [4.69, 9.17) is 0 Å². The minimum absolute atomic E-state index is 0.0521. The van der Waals surface area contributed by atoms with Gasteiger partial charge >= 0.3 is 6.18 Å². The van der Waals surface area contributed by atoms with E-state index in [1.54, 1.807) is 6.07 Å². The lowest BCUT2D eigenvalue weighted by Gasteiger charge is -2.15. The SMILES string of the molecule is Cc1cc(C)cc(-c2nn(-c3ccccc3C(F)(F)F)c3c2CCCCN3)c1. The number of alkyl halides is 3. The lowest BCUT2D eigenvalue weighted by molar-refractivity contribution is -0.137. The van der Waals surface area contributed by atoms with E-state index in [-0.39, 0.29) is 5.69 Å². The second-order valence-electron chi connectivity index (χ2n) is 7.36. The van der Waals surface area contributed by atoms with Gasteiger partial charge in [0.25, 0.3) is 0 Å². The van der Waals surface area contributed by atoms with Crippen molar-refractivity contribution in [2.45, 2.75) is 39.3 Å². The summed E-state index contributed by atoms with van der Waals surface area (Å²) in [6.45, 7) is 4.76. The molecule has 1 aliphatic heterocycles. The molecule has 1 N–H and O–H groups in total. The fraction of sp³-hybridized carbons (Fsp3) is 0.318. The molecule has 146 valence electrons. The average molecular weight is 385 g/mol. The molecule has 3 nitrogen and oxygen atoms in total. The average Bonchev–Trinajstić information content (AvgIpc) is 2.81. The van der Waals surface area contributed by atoms with Crippen LogP contribution >= 0.6 is 0 Å². The highest BCUT2D eigenvalue weighted by atomic mass is 19.4. The summed E-state index contributed by atoms with van der Waals surface area (Å²) in [5, 5.41) is 8.01. The molecule has 28 heavy (non-hydrogen) atoms. The van der Waals surface area contributed by atoms with Crippen LogP contribution in [0.2, 0.25) is 0 Å². The Labute approximate surface area is 162 Å². The van der Waals surface area contributed by atoms with Gasteiger partial charge < -0.3 is 5.32 Å². The maximum Gasteiger partial charge on any atom is 0.418 e. The highest BCUT2D eigenvalue weighted by molar-refractivity contribution is 5.72. The molecule has 1 aromatic heterocycles. The number of halogens is 3. The molecule has 6 heteroatoms. The predicted octanol–water partition coefficient (Wildman–Crippen LogP) is 5.92. The summed E-state index contributed by atoms with van der Waals surface area (Å²) in [4.78, 5) is 0. The van der Waals surface area contributed by atoms with Crippen LogP contribution in [-0.2, 0) is 12.6 Å². The zero-order valence-electron chi connectivity index (χ0n) is 15.9. The van der Waals surface area contributed by atoms with Gasteiger partial charge in [0.05, 0.1) is 16.9 Å². The van der Waals surface area contributed by atoms with Crippen molar-refractivity contribution >= 4 is 5.82 Å². The molecule has 3 aromatic rings. The van der Waals surface area contributed by atoms with Gasteiger partial charge in [-0.05, 0) is 57.4 Å². The summed E-state index contributed by atoms with van der Waals surface area (Å²) < 4.78 is 42.3. The minimum Gasteiger partial charge on any atom is -0.370 e. The Kier molecular flexibility index (Phi) is 4.65. The Morgan fingerprint density at radius 1 is 1.00 bits per heavy atom. The fourth-order valence-corrected chi connectivity index (χ4v) is 3.92. The normalized spacial score (nSPS) is 14.3. The van der Waals surface area contributed by atoms with Crippen molar-refractivity contribution < 1.29 is 13.2 Å². The van der Waals surface area contributed by atoms with Crippen LogP contribution in [0.4, 0.5) is 19.0 Å². The van der Waals surface area contributed by atoms with Gasteiger partial charge in [0.1, 0.15) is 5.82 Å². The number of rotatable bonds is 2. The minimum atomic E-state index is -4.44. The Bertz CT molecular complexity index is 998. The Balaban J connectivity index is 1.97. The molecule has 1 aliphatic rings. The van der Waals surface area contributed by atoms with E-state index in [1.165, 1.54) is 16.8 Å². The first-order chi connectivity index (χ1) is 13.3. The van der Waals surface area contributed by atoms with Gasteiger partial charge in [-0.2, -0.15) is 18.3 Å². The lowest BCUT2D eigenvalue weighted by Crippen LogP contribution is -2.14. The van der Waals surface area contributed by atoms with Crippen LogP contribution in [0.5, 0.6) is 0 Å². The number of para-hydroxylation sites is 1. The standard InChI is InChI=1S/C22H22F3N3/c1-14-11-15(2)13-16(12-14)20-17-7-5-6-10-26-21(17)28(27-20)19-9-4-3-8-18(19)22(23,24)25/h3-4,8-9,11-13,26H,5-7,10H2,1-2H3. The molecular formula is C22H22F3N3. The molecule has 0 bridgehead atoms. The number of anilines is 1. The third-order valence-electron chi connectivity index (χ3n) is 5.06. The number of hydrogen-bond acceptors (Lipinski definition) is 2. The predicted molar refractivity (Wildman–Crippen MR) is 105 cm³/mol. The van der Waals surface area contributed by atoms with Crippen LogP contribution in [0.15, 0.2) is 42.5 Å². The topological polar surface area (TPSA) is 29.9 Å². The second kappa shape index (κ2) is 7.00. The van der Waals surface area contributed by atoms with E-state index < -0.39 is 11.7 Å². The van der Waals surface area contributed by atoms with Crippen molar-refractivity contribution in [1.29, 1.82) is 0 Å². The first-order valence-electron chi connectivity index (χ1n) is 9.45. The molecule has 2 heterocycles. The van der Waals surface area contributed by atoms with Crippen LogP contribution < -0.4 is 5.32 Å². The second-order valence-corrected chi connectivity index (χ2v) is 7.36. The first-order valence-corrected chi connectivity index (χ1v) is 9.45. The molecule has 4 rings (SSSR count). The fourth-order valence-electron chi connectivity index (χ4n) is 3.92. The third kappa shape index (κ3) is 3.39. The summed E-state index contributed by atoms with van der Waals surface area (Å²) in [5.74, 6) is 0.670. The highest BCUT2D eigenvalue weighted by Gasteiger charge is 2.35. The number of benzene rings is 2. The van der Waals surface area contributed by atoms with Crippen molar-refractivity contribution in [3.8, 4) is 16.9 Å². The van der Waals surface area contributed by atoms with E-state index in [0.29, 0.717) is 5.82 Å². The van der Waals surface area contributed by atoms with Crippen molar-refractivity contribution in [3.63, 3.8) is 0 Å². The zero-order chi connectivity index (χ0) is 19.9. The lowest BCUT2D eigenvalue weighted by atomic mass is 10.00. The number of fused-ring (bicyclic) bond motifs is 1. The van der Waals surface area contributed by atoms with Gasteiger partial charge in [0.15, 0.2) is 0 Å². The molecule has 0 fully saturated rings. The molecule has 0 saturated heterocycles. The number of nitrogens with zero attached hydrogens (tertiary/aromatic N) is 2. The number of hydrogen-bond donors (Lipinski definition) is 1. The van der Waals surface area contributed by atoms with Crippen LogP contribution in [0.1, 0.15) is 35.1 Å². The Morgan fingerprint density at radius 2 is 1.71 bits per heavy atom. The van der Waals surface area contributed by atoms with E-state index in [0.717, 1.165) is 59.8 Å². The molecule has 0 amide bonds. The third-order valence-corrected chi connectivity index (χ3v) is 5.06. The maximum atomic E-state index is 13.6. The van der Waals surface area contributed by atoms with Gasteiger partial charge in [-0.15, -0.1) is 0 Å². The van der Waals surface area contributed by atoms with Crippen molar-refractivity contribution in [3.05, 3.63) is 64.7 Å². The largest absolute Gasteiger partial charge is 0.418 e. The molecule has 0 aliphatic carbocycles. The van der Waals surface area contributed by atoms with Crippen molar-refractivity contribution in [2.24, 2.45) is 0 Å². The van der Waals surface area contributed by atoms with Crippen LogP contribution in [0.25, 0.3) is 16.9 Å². The van der Waals surface area contributed by atoms with Crippen molar-refractivity contribution in [2.75, 3.05) is 11.9 Å².